The van der Waals surface area contributed by atoms with E-state index >= 15 is 0 Å². The van der Waals surface area contributed by atoms with Gasteiger partial charge in [-0.1, -0.05) is 30.3 Å². The van der Waals surface area contributed by atoms with E-state index in [1.54, 1.807) is 7.11 Å². The van der Waals surface area contributed by atoms with E-state index in [-0.39, 0.29) is 0 Å². The molecule has 198 valence electrons. The Labute approximate surface area is 225 Å². The number of imidazole rings is 1. The molecule has 3 aromatic rings. The molecule has 0 radical (unpaired) electrons. The number of methoxy groups -OCH3 is 1. The van der Waals surface area contributed by atoms with Gasteiger partial charge in [0.1, 0.15) is 6.61 Å². The van der Waals surface area contributed by atoms with Gasteiger partial charge in [0.15, 0.2) is 16.6 Å². The Kier molecular flexibility index (Phi) is 10.2. The summed E-state index contributed by atoms with van der Waals surface area (Å²) in [4.78, 5) is 9.13. The van der Waals surface area contributed by atoms with Crippen LogP contribution in [0.2, 0.25) is 0 Å². The Bertz CT molecular complexity index is 1110. The zero-order valence-corrected chi connectivity index (χ0v) is 22.7. The molecule has 8 nitrogen and oxygen atoms in total. The molecular formula is C28H38N6O2S. The first kappa shape index (κ1) is 26.9. The van der Waals surface area contributed by atoms with Crippen LogP contribution in [0.15, 0.2) is 61.1 Å². The van der Waals surface area contributed by atoms with Crippen molar-refractivity contribution >= 4 is 23.0 Å². The van der Waals surface area contributed by atoms with E-state index < -0.39 is 0 Å². The standard InChI is InChI=1S/C28H38N6O2S/c1-23-20-29-22-34(23)12-6-11-30-28(37)31-25-9-10-26(27(19-25)35-2)36-18-17-32-13-15-33(16-14-32)21-24-7-4-3-5-8-24/h3-5,7-10,19-20,22H,6,11-18,21H2,1-2H3,(H2,30,31,37). The number of nitrogens with one attached hydrogen (secondary N) is 2. The molecule has 1 fully saturated rings. The smallest absolute Gasteiger partial charge is 0.170 e. The minimum atomic E-state index is 0.587. The van der Waals surface area contributed by atoms with Gasteiger partial charge in [0.2, 0.25) is 0 Å². The quantitative estimate of drug-likeness (QED) is 0.275. The largest absolute Gasteiger partial charge is 0.493 e. The monoisotopic (exact) mass is 522 g/mol. The average Bonchev–Trinajstić information content (AvgIpc) is 3.33. The minimum Gasteiger partial charge on any atom is -0.493 e. The average molecular weight is 523 g/mol. The number of aryl methyl sites for hydroxylation is 2. The third kappa shape index (κ3) is 8.45. The Morgan fingerprint density at radius 2 is 1.78 bits per heavy atom. The van der Waals surface area contributed by atoms with Crippen molar-refractivity contribution in [1.82, 2.24) is 24.7 Å². The molecule has 0 atom stereocenters. The first-order valence-electron chi connectivity index (χ1n) is 12.9. The maximum absolute atomic E-state index is 6.07. The van der Waals surface area contributed by atoms with Gasteiger partial charge in [0.25, 0.3) is 0 Å². The lowest BCUT2D eigenvalue weighted by molar-refractivity contribution is 0.112. The van der Waals surface area contributed by atoms with E-state index in [4.69, 9.17) is 21.7 Å². The van der Waals surface area contributed by atoms with Crippen LogP contribution in [-0.4, -0.2) is 77.4 Å². The van der Waals surface area contributed by atoms with E-state index in [1.165, 1.54) is 5.56 Å². The zero-order chi connectivity index (χ0) is 25.9. The SMILES string of the molecule is COc1cc(NC(=S)NCCCn2cncc2C)ccc1OCCN1CCN(Cc2ccccc2)CC1. The van der Waals surface area contributed by atoms with Crippen molar-refractivity contribution in [2.45, 2.75) is 26.4 Å². The number of hydrogen-bond acceptors (Lipinski definition) is 6. The van der Waals surface area contributed by atoms with Crippen molar-refractivity contribution in [3.05, 3.63) is 72.3 Å². The molecule has 0 aliphatic carbocycles. The summed E-state index contributed by atoms with van der Waals surface area (Å²) in [6.45, 7) is 10.6. The summed E-state index contributed by atoms with van der Waals surface area (Å²) in [6, 6.07) is 16.5. The molecule has 37 heavy (non-hydrogen) atoms. The lowest BCUT2D eigenvalue weighted by Crippen LogP contribution is -2.47. The number of anilines is 1. The predicted octanol–water partition coefficient (Wildman–Crippen LogP) is 3.77. The lowest BCUT2D eigenvalue weighted by atomic mass is 10.2. The summed E-state index contributed by atoms with van der Waals surface area (Å²) < 4.78 is 13.8. The van der Waals surface area contributed by atoms with Crippen molar-refractivity contribution in [2.75, 3.05) is 58.3 Å². The van der Waals surface area contributed by atoms with Crippen molar-refractivity contribution in [3.8, 4) is 11.5 Å². The third-order valence-electron chi connectivity index (χ3n) is 6.58. The summed E-state index contributed by atoms with van der Waals surface area (Å²) in [5, 5.41) is 7.08. The summed E-state index contributed by atoms with van der Waals surface area (Å²) in [5.41, 5.74) is 3.40. The maximum Gasteiger partial charge on any atom is 0.170 e. The second-order valence-electron chi connectivity index (χ2n) is 9.28. The van der Waals surface area contributed by atoms with Crippen LogP contribution < -0.4 is 20.1 Å². The molecule has 4 rings (SSSR count). The molecule has 0 spiro atoms. The first-order valence-corrected chi connectivity index (χ1v) is 13.3. The van der Waals surface area contributed by atoms with Crippen LogP contribution in [0.4, 0.5) is 5.69 Å². The number of benzene rings is 2. The highest BCUT2D eigenvalue weighted by Gasteiger charge is 2.17. The summed E-state index contributed by atoms with van der Waals surface area (Å²) in [7, 11) is 1.66. The molecule has 2 N–H and O–H groups in total. The van der Waals surface area contributed by atoms with Crippen LogP contribution in [0, 0.1) is 6.92 Å². The van der Waals surface area contributed by atoms with Gasteiger partial charge >= 0.3 is 0 Å². The number of rotatable bonds is 12. The highest BCUT2D eigenvalue weighted by molar-refractivity contribution is 7.80. The normalized spacial score (nSPS) is 14.3. The van der Waals surface area contributed by atoms with E-state index in [0.717, 1.165) is 75.9 Å². The number of ether oxygens (including phenoxy) is 2. The van der Waals surface area contributed by atoms with Crippen molar-refractivity contribution in [1.29, 1.82) is 0 Å². The molecule has 0 saturated carbocycles. The molecule has 1 aliphatic rings. The van der Waals surface area contributed by atoms with Crippen LogP contribution in [0.3, 0.4) is 0 Å². The number of nitrogens with zero attached hydrogens (tertiary/aromatic N) is 4. The van der Waals surface area contributed by atoms with Gasteiger partial charge in [-0.2, -0.15) is 0 Å². The predicted molar refractivity (Wildman–Crippen MR) is 152 cm³/mol. The Balaban J connectivity index is 1.14. The van der Waals surface area contributed by atoms with E-state index in [9.17, 15) is 0 Å². The Hall–Kier alpha value is -3.14. The highest BCUT2D eigenvalue weighted by atomic mass is 32.1. The van der Waals surface area contributed by atoms with Crippen LogP contribution >= 0.6 is 12.2 Å². The van der Waals surface area contributed by atoms with Crippen LogP contribution in [0.1, 0.15) is 17.7 Å². The second kappa shape index (κ2) is 14.0. The van der Waals surface area contributed by atoms with Gasteiger partial charge < -0.3 is 24.7 Å². The van der Waals surface area contributed by atoms with Crippen molar-refractivity contribution in [2.24, 2.45) is 0 Å². The summed E-state index contributed by atoms with van der Waals surface area (Å²) in [6.07, 6.45) is 4.68. The summed E-state index contributed by atoms with van der Waals surface area (Å²) in [5.74, 6) is 1.43. The molecule has 0 amide bonds. The van der Waals surface area contributed by atoms with Gasteiger partial charge in [0.05, 0.1) is 13.4 Å². The fourth-order valence-electron chi connectivity index (χ4n) is 4.41. The molecule has 1 saturated heterocycles. The van der Waals surface area contributed by atoms with Crippen LogP contribution in [0.5, 0.6) is 11.5 Å². The molecule has 1 aromatic heterocycles. The van der Waals surface area contributed by atoms with E-state index in [1.807, 2.05) is 30.7 Å². The first-order chi connectivity index (χ1) is 18.1. The topological polar surface area (TPSA) is 66.8 Å². The zero-order valence-electron chi connectivity index (χ0n) is 21.9. The van der Waals surface area contributed by atoms with Crippen LogP contribution in [0.25, 0.3) is 0 Å². The van der Waals surface area contributed by atoms with E-state index in [2.05, 4.69) is 67.2 Å². The van der Waals surface area contributed by atoms with Crippen molar-refractivity contribution in [3.63, 3.8) is 0 Å². The van der Waals surface area contributed by atoms with Gasteiger partial charge in [-0.25, -0.2) is 4.98 Å². The molecule has 0 bridgehead atoms. The van der Waals surface area contributed by atoms with Gasteiger partial charge in [-0.15, -0.1) is 0 Å². The fourth-order valence-corrected chi connectivity index (χ4v) is 4.63. The van der Waals surface area contributed by atoms with Gasteiger partial charge in [0, 0.05) is 76.0 Å². The number of piperazine rings is 1. The van der Waals surface area contributed by atoms with Gasteiger partial charge in [-0.3, -0.25) is 9.80 Å². The molecule has 9 heteroatoms. The number of thiocarbonyl (C=S) groups is 1. The highest BCUT2D eigenvalue weighted by Crippen LogP contribution is 2.30. The number of hydrogen-bond donors (Lipinski definition) is 2. The van der Waals surface area contributed by atoms with E-state index in [0.29, 0.717) is 17.5 Å². The Morgan fingerprint density at radius 1 is 1.00 bits per heavy atom. The molecule has 2 heterocycles. The third-order valence-corrected chi connectivity index (χ3v) is 6.83. The summed E-state index contributed by atoms with van der Waals surface area (Å²) >= 11 is 5.45. The van der Waals surface area contributed by atoms with Crippen LogP contribution in [-0.2, 0) is 13.1 Å². The molecule has 1 aliphatic heterocycles. The van der Waals surface area contributed by atoms with Crippen molar-refractivity contribution < 1.29 is 9.47 Å². The second-order valence-corrected chi connectivity index (χ2v) is 9.69. The lowest BCUT2D eigenvalue weighted by Gasteiger charge is -2.34. The number of aromatic nitrogens is 2. The molecule has 2 aromatic carbocycles. The minimum absolute atomic E-state index is 0.587. The fraction of sp³-hybridized carbons (Fsp3) is 0.429. The Morgan fingerprint density at radius 3 is 2.51 bits per heavy atom. The maximum atomic E-state index is 6.07. The molecular weight excluding hydrogens is 484 g/mol. The van der Waals surface area contributed by atoms with Gasteiger partial charge in [-0.05, 0) is 43.3 Å². The molecule has 0 unspecified atom stereocenters.